The highest BCUT2D eigenvalue weighted by Gasteiger charge is 2.15. The number of alkyl halides is 1. The molecular weight excluding hydrogens is 338 g/mol. The number of hydrogen-bond acceptors (Lipinski definition) is 4. The Morgan fingerprint density at radius 2 is 1.95 bits per heavy atom. The van der Waals surface area contributed by atoms with Crippen molar-refractivity contribution < 1.29 is 14.4 Å². The van der Waals surface area contributed by atoms with Crippen molar-refractivity contribution in [1.82, 2.24) is 0 Å². The first-order chi connectivity index (χ1) is 10.2. The first-order valence-corrected chi connectivity index (χ1v) is 7.36. The summed E-state index contributed by atoms with van der Waals surface area (Å²) >= 11 is 3.40. The molecule has 0 aliphatic heterocycles. The summed E-state index contributed by atoms with van der Waals surface area (Å²) in [6, 6.07) is 12.4. The highest BCUT2D eigenvalue weighted by Crippen LogP contribution is 2.28. The Balaban J connectivity index is 2.17. The van der Waals surface area contributed by atoms with Gasteiger partial charge in [0.15, 0.2) is 5.75 Å². The standard InChI is InChI=1S/C15H14BrNO4/c1-20-15-7-6-11(8-13(15)17(18)19)10-21-14-5-3-2-4-12(14)9-16/h2-8H,9-10H2,1H3. The lowest BCUT2D eigenvalue weighted by molar-refractivity contribution is -0.385. The predicted molar refractivity (Wildman–Crippen MR) is 83.1 cm³/mol. The van der Waals surface area contributed by atoms with Crippen LogP contribution in [0.2, 0.25) is 0 Å². The summed E-state index contributed by atoms with van der Waals surface area (Å²) in [7, 11) is 1.41. The largest absolute Gasteiger partial charge is 0.490 e. The van der Waals surface area contributed by atoms with Crippen LogP contribution in [0.1, 0.15) is 11.1 Å². The number of hydrogen-bond donors (Lipinski definition) is 0. The van der Waals surface area contributed by atoms with Gasteiger partial charge in [0.1, 0.15) is 12.4 Å². The van der Waals surface area contributed by atoms with Crippen molar-refractivity contribution in [2.24, 2.45) is 0 Å². The third-order valence-electron chi connectivity index (χ3n) is 2.95. The quantitative estimate of drug-likeness (QED) is 0.447. The molecule has 0 amide bonds. The molecular formula is C15H14BrNO4. The molecule has 5 nitrogen and oxygen atoms in total. The van der Waals surface area contributed by atoms with Crippen LogP contribution < -0.4 is 9.47 Å². The van der Waals surface area contributed by atoms with Crippen LogP contribution in [0, 0.1) is 10.1 Å². The van der Waals surface area contributed by atoms with Crippen LogP contribution in [0.5, 0.6) is 11.5 Å². The van der Waals surface area contributed by atoms with E-state index in [1.54, 1.807) is 12.1 Å². The van der Waals surface area contributed by atoms with Gasteiger partial charge in [0.05, 0.1) is 12.0 Å². The minimum absolute atomic E-state index is 0.0626. The Morgan fingerprint density at radius 1 is 1.19 bits per heavy atom. The molecule has 110 valence electrons. The van der Waals surface area contributed by atoms with Gasteiger partial charge < -0.3 is 9.47 Å². The summed E-state index contributed by atoms with van der Waals surface area (Å²) in [5.74, 6) is 0.998. The Morgan fingerprint density at radius 3 is 2.62 bits per heavy atom. The van der Waals surface area contributed by atoms with Gasteiger partial charge in [-0.25, -0.2) is 0 Å². The number of nitrogens with zero attached hydrogens (tertiary/aromatic N) is 1. The summed E-state index contributed by atoms with van der Waals surface area (Å²) < 4.78 is 10.7. The average Bonchev–Trinajstić information content (AvgIpc) is 2.52. The number of methoxy groups -OCH3 is 1. The van der Waals surface area contributed by atoms with Crippen LogP contribution in [0.25, 0.3) is 0 Å². The van der Waals surface area contributed by atoms with Crippen LogP contribution in [0.3, 0.4) is 0 Å². The molecule has 0 fully saturated rings. The van der Waals surface area contributed by atoms with E-state index in [1.807, 2.05) is 24.3 Å². The fourth-order valence-corrected chi connectivity index (χ4v) is 2.35. The summed E-state index contributed by atoms with van der Waals surface area (Å²) in [5.41, 5.74) is 1.68. The highest BCUT2D eigenvalue weighted by molar-refractivity contribution is 9.08. The van der Waals surface area contributed by atoms with Gasteiger partial charge in [-0.05, 0) is 17.7 Å². The van der Waals surface area contributed by atoms with Crippen molar-refractivity contribution in [2.75, 3.05) is 7.11 Å². The van der Waals surface area contributed by atoms with E-state index < -0.39 is 4.92 Å². The first kappa shape index (κ1) is 15.3. The zero-order valence-electron chi connectivity index (χ0n) is 11.4. The summed E-state index contributed by atoms with van der Waals surface area (Å²) in [5, 5.41) is 11.7. The Labute approximate surface area is 130 Å². The van der Waals surface area contributed by atoms with Crippen molar-refractivity contribution in [3.63, 3.8) is 0 Å². The van der Waals surface area contributed by atoms with E-state index in [2.05, 4.69) is 15.9 Å². The summed E-state index contributed by atoms with van der Waals surface area (Å²) in [4.78, 5) is 10.5. The Bertz CT molecular complexity index is 645. The maximum atomic E-state index is 11.0. The van der Waals surface area contributed by atoms with E-state index in [0.717, 1.165) is 11.3 Å². The van der Waals surface area contributed by atoms with Gasteiger partial charge in [0.2, 0.25) is 0 Å². The number of benzene rings is 2. The lowest BCUT2D eigenvalue weighted by Gasteiger charge is -2.10. The molecule has 2 rings (SSSR count). The van der Waals surface area contributed by atoms with E-state index in [-0.39, 0.29) is 18.0 Å². The van der Waals surface area contributed by atoms with Gasteiger partial charge in [-0.2, -0.15) is 0 Å². The van der Waals surface area contributed by atoms with Crippen molar-refractivity contribution in [3.05, 3.63) is 63.7 Å². The average molecular weight is 352 g/mol. The van der Waals surface area contributed by atoms with Crippen molar-refractivity contribution >= 4 is 21.6 Å². The smallest absolute Gasteiger partial charge is 0.311 e. The van der Waals surface area contributed by atoms with Gasteiger partial charge >= 0.3 is 5.69 Å². The third kappa shape index (κ3) is 3.72. The molecule has 6 heteroatoms. The second-order valence-corrected chi connectivity index (χ2v) is 4.85. The molecule has 0 N–H and O–H groups in total. The van der Waals surface area contributed by atoms with E-state index >= 15 is 0 Å². The molecule has 0 heterocycles. The van der Waals surface area contributed by atoms with Gasteiger partial charge in [0.25, 0.3) is 0 Å². The fourth-order valence-electron chi connectivity index (χ4n) is 1.88. The number of rotatable bonds is 6. The van der Waals surface area contributed by atoms with Crippen molar-refractivity contribution in [1.29, 1.82) is 0 Å². The van der Waals surface area contributed by atoms with E-state index in [4.69, 9.17) is 9.47 Å². The second kappa shape index (κ2) is 7.08. The predicted octanol–water partition coefficient (Wildman–Crippen LogP) is 4.08. The molecule has 0 spiro atoms. The molecule has 2 aromatic carbocycles. The number of para-hydroxylation sites is 1. The number of nitro groups is 1. The number of halogens is 1. The SMILES string of the molecule is COc1ccc(COc2ccccc2CBr)cc1[N+](=O)[O-]. The van der Waals surface area contributed by atoms with E-state index in [1.165, 1.54) is 13.2 Å². The second-order valence-electron chi connectivity index (χ2n) is 4.29. The van der Waals surface area contributed by atoms with E-state index in [9.17, 15) is 10.1 Å². The topological polar surface area (TPSA) is 61.6 Å². The van der Waals surface area contributed by atoms with Gasteiger partial charge in [0, 0.05) is 17.0 Å². The van der Waals surface area contributed by atoms with Gasteiger partial charge in [-0.1, -0.05) is 40.2 Å². The maximum absolute atomic E-state index is 11.0. The highest BCUT2D eigenvalue weighted by atomic mass is 79.9. The van der Waals surface area contributed by atoms with E-state index in [0.29, 0.717) is 10.9 Å². The number of nitro benzene ring substituents is 1. The molecule has 0 unspecified atom stereocenters. The lowest BCUT2D eigenvalue weighted by Crippen LogP contribution is -2.00. The molecule has 0 aliphatic rings. The molecule has 0 bridgehead atoms. The normalized spacial score (nSPS) is 10.2. The number of ether oxygens (including phenoxy) is 2. The molecule has 0 saturated carbocycles. The Kier molecular flexibility index (Phi) is 5.16. The zero-order valence-corrected chi connectivity index (χ0v) is 13.0. The first-order valence-electron chi connectivity index (χ1n) is 6.23. The molecule has 2 aromatic rings. The molecule has 0 atom stereocenters. The zero-order chi connectivity index (χ0) is 15.2. The van der Waals surface area contributed by atoms with Crippen LogP contribution >= 0.6 is 15.9 Å². The Hall–Kier alpha value is -2.08. The van der Waals surface area contributed by atoms with Crippen LogP contribution in [-0.4, -0.2) is 12.0 Å². The molecule has 0 aromatic heterocycles. The van der Waals surface area contributed by atoms with Gasteiger partial charge in [-0.15, -0.1) is 0 Å². The van der Waals surface area contributed by atoms with Crippen molar-refractivity contribution in [2.45, 2.75) is 11.9 Å². The van der Waals surface area contributed by atoms with Crippen LogP contribution in [-0.2, 0) is 11.9 Å². The van der Waals surface area contributed by atoms with Crippen LogP contribution in [0.4, 0.5) is 5.69 Å². The molecule has 0 saturated heterocycles. The minimum Gasteiger partial charge on any atom is -0.490 e. The maximum Gasteiger partial charge on any atom is 0.311 e. The van der Waals surface area contributed by atoms with Crippen LogP contribution in [0.15, 0.2) is 42.5 Å². The summed E-state index contributed by atoms with van der Waals surface area (Å²) in [6.45, 7) is 0.259. The summed E-state index contributed by atoms with van der Waals surface area (Å²) in [6.07, 6.45) is 0. The fraction of sp³-hybridized carbons (Fsp3) is 0.200. The third-order valence-corrected chi connectivity index (χ3v) is 3.55. The monoisotopic (exact) mass is 351 g/mol. The lowest BCUT2D eigenvalue weighted by atomic mass is 10.2. The molecule has 0 aliphatic carbocycles. The van der Waals surface area contributed by atoms with Gasteiger partial charge in [-0.3, -0.25) is 10.1 Å². The minimum atomic E-state index is -0.464. The molecule has 21 heavy (non-hydrogen) atoms. The molecule has 0 radical (unpaired) electrons. The van der Waals surface area contributed by atoms with Crippen molar-refractivity contribution in [3.8, 4) is 11.5 Å².